The predicted molar refractivity (Wildman–Crippen MR) is 82.5 cm³/mol. The van der Waals surface area contributed by atoms with E-state index in [1.165, 1.54) is 0 Å². The summed E-state index contributed by atoms with van der Waals surface area (Å²) in [6, 6.07) is 3.98. The molecule has 0 saturated heterocycles. The minimum Gasteiger partial charge on any atom is -0.394 e. The topological polar surface area (TPSA) is 75.4 Å². The first-order valence-electron chi connectivity index (χ1n) is 7.21. The second-order valence-corrected chi connectivity index (χ2v) is 5.56. The number of nitrogens with zero attached hydrogens (tertiary/aromatic N) is 2. The Labute approximate surface area is 123 Å². The van der Waals surface area contributed by atoms with Gasteiger partial charge in [0.2, 0.25) is 0 Å². The van der Waals surface area contributed by atoms with Crippen molar-refractivity contribution in [3.05, 3.63) is 39.3 Å². The fraction of sp³-hybridized carbons (Fsp3) is 0.500. The first-order valence-corrected chi connectivity index (χ1v) is 7.21. The minimum absolute atomic E-state index is 0.0933. The standard InChI is InChI=1S/C16H22N2O3/c1-10-7-14-15(8-11(10)2)18(16(21)12(3)17-14)6-4-5-13(20)9-19/h7-8,13,19-20H,4-6,9H2,1-3H3. The summed E-state index contributed by atoms with van der Waals surface area (Å²) in [5.74, 6) is 0. The lowest BCUT2D eigenvalue weighted by Crippen LogP contribution is -2.25. The molecule has 2 rings (SSSR count). The molecule has 1 aromatic carbocycles. The van der Waals surface area contributed by atoms with Crippen LogP contribution in [0.2, 0.25) is 0 Å². The quantitative estimate of drug-likeness (QED) is 0.874. The van der Waals surface area contributed by atoms with Gasteiger partial charge in [-0.05, 0) is 56.9 Å². The van der Waals surface area contributed by atoms with Crippen molar-refractivity contribution < 1.29 is 10.2 Å². The fourth-order valence-electron chi connectivity index (χ4n) is 2.42. The molecule has 0 aliphatic heterocycles. The molecule has 0 amide bonds. The Kier molecular flexibility index (Phi) is 4.75. The van der Waals surface area contributed by atoms with Gasteiger partial charge in [0.1, 0.15) is 5.69 Å². The molecule has 0 bridgehead atoms. The first kappa shape index (κ1) is 15.7. The lowest BCUT2D eigenvalue weighted by molar-refractivity contribution is 0.0856. The van der Waals surface area contributed by atoms with Crippen LogP contribution < -0.4 is 5.56 Å². The Morgan fingerprint density at radius 3 is 2.57 bits per heavy atom. The monoisotopic (exact) mass is 290 g/mol. The molecule has 2 N–H and O–H groups in total. The molecule has 0 fully saturated rings. The summed E-state index contributed by atoms with van der Waals surface area (Å²) in [7, 11) is 0. The number of hydrogen-bond acceptors (Lipinski definition) is 4. The number of hydrogen-bond donors (Lipinski definition) is 2. The van der Waals surface area contributed by atoms with Gasteiger partial charge in [0.05, 0.1) is 23.7 Å². The lowest BCUT2D eigenvalue weighted by atomic mass is 10.1. The highest BCUT2D eigenvalue weighted by atomic mass is 16.3. The fourth-order valence-corrected chi connectivity index (χ4v) is 2.42. The van der Waals surface area contributed by atoms with Gasteiger partial charge < -0.3 is 14.8 Å². The van der Waals surface area contributed by atoms with Crippen LogP contribution in [0.5, 0.6) is 0 Å². The van der Waals surface area contributed by atoms with Gasteiger partial charge >= 0.3 is 0 Å². The van der Waals surface area contributed by atoms with Gasteiger partial charge in [-0.1, -0.05) is 0 Å². The number of rotatable bonds is 5. The van der Waals surface area contributed by atoms with Crippen molar-refractivity contribution in [2.45, 2.75) is 46.3 Å². The normalized spacial score (nSPS) is 12.8. The van der Waals surface area contributed by atoms with Gasteiger partial charge in [0.25, 0.3) is 5.56 Å². The molecule has 0 aliphatic carbocycles. The van der Waals surface area contributed by atoms with Gasteiger partial charge in [0, 0.05) is 6.54 Å². The second kappa shape index (κ2) is 6.37. The molecular weight excluding hydrogens is 268 g/mol. The third-order valence-electron chi connectivity index (χ3n) is 3.85. The van der Waals surface area contributed by atoms with Crippen LogP contribution in [0, 0.1) is 20.8 Å². The molecule has 5 heteroatoms. The van der Waals surface area contributed by atoms with Crippen molar-refractivity contribution in [2.24, 2.45) is 0 Å². The molecule has 0 aliphatic rings. The summed E-state index contributed by atoms with van der Waals surface area (Å²) in [5, 5.41) is 18.2. The average molecular weight is 290 g/mol. The minimum atomic E-state index is -0.723. The van der Waals surface area contributed by atoms with Crippen molar-refractivity contribution >= 4 is 11.0 Å². The molecule has 1 heterocycles. The Morgan fingerprint density at radius 1 is 1.24 bits per heavy atom. The van der Waals surface area contributed by atoms with Crippen LogP contribution in [0.3, 0.4) is 0 Å². The number of aliphatic hydroxyl groups is 2. The van der Waals surface area contributed by atoms with E-state index in [1.54, 1.807) is 11.5 Å². The summed E-state index contributed by atoms with van der Waals surface area (Å²) in [6.07, 6.45) is 0.378. The zero-order valence-corrected chi connectivity index (χ0v) is 12.8. The van der Waals surface area contributed by atoms with Crippen molar-refractivity contribution in [1.82, 2.24) is 9.55 Å². The van der Waals surface area contributed by atoms with E-state index >= 15 is 0 Å². The zero-order valence-electron chi connectivity index (χ0n) is 12.8. The van der Waals surface area contributed by atoms with Gasteiger partial charge in [-0.15, -0.1) is 0 Å². The lowest BCUT2D eigenvalue weighted by Gasteiger charge is -2.13. The van der Waals surface area contributed by atoms with Crippen LogP contribution in [0.1, 0.15) is 29.7 Å². The number of aliphatic hydroxyl groups excluding tert-OH is 2. The highest BCUT2D eigenvalue weighted by Crippen LogP contribution is 2.17. The van der Waals surface area contributed by atoms with E-state index in [2.05, 4.69) is 4.98 Å². The van der Waals surface area contributed by atoms with Crippen molar-refractivity contribution in [3.8, 4) is 0 Å². The number of aromatic nitrogens is 2. The third-order valence-corrected chi connectivity index (χ3v) is 3.85. The first-order chi connectivity index (χ1) is 9.93. The van der Waals surface area contributed by atoms with Crippen LogP contribution in [0.15, 0.2) is 16.9 Å². The Bertz CT molecular complexity index is 707. The smallest absolute Gasteiger partial charge is 0.272 e. The summed E-state index contributed by atoms with van der Waals surface area (Å²) in [6.45, 7) is 6.02. The van der Waals surface area contributed by atoms with E-state index < -0.39 is 6.10 Å². The van der Waals surface area contributed by atoms with Crippen molar-refractivity contribution in [1.29, 1.82) is 0 Å². The molecule has 1 unspecified atom stereocenters. The summed E-state index contributed by atoms with van der Waals surface area (Å²) in [4.78, 5) is 16.7. The van der Waals surface area contributed by atoms with Crippen molar-refractivity contribution in [3.63, 3.8) is 0 Å². The van der Waals surface area contributed by atoms with E-state index in [0.717, 1.165) is 22.2 Å². The van der Waals surface area contributed by atoms with Crippen LogP contribution in [0.4, 0.5) is 0 Å². The van der Waals surface area contributed by atoms with Crippen LogP contribution in [-0.2, 0) is 6.54 Å². The second-order valence-electron chi connectivity index (χ2n) is 5.56. The molecule has 0 saturated carbocycles. The Morgan fingerprint density at radius 2 is 1.90 bits per heavy atom. The highest BCUT2D eigenvalue weighted by Gasteiger charge is 2.10. The van der Waals surface area contributed by atoms with Gasteiger partial charge in [-0.3, -0.25) is 4.79 Å². The van der Waals surface area contributed by atoms with E-state index in [9.17, 15) is 9.90 Å². The number of fused-ring (bicyclic) bond motifs is 1. The largest absolute Gasteiger partial charge is 0.394 e. The van der Waals surface area contributed by atoms with E-state index in [1.807, 2.05) is 26.0 Å². The highest BCUT2D eigenvalue weighted by molar-refractivity contribution is 5.76. The SMILES string of the molecule is Cc1cc2nc(C)c(=O)n(CCCC(O)CO)c2cc1C. The van der Waals surface area contributed by atoms with Crippen LogP contribution in [-0.4, -0.2) is 32.5 Å². The molecule has 5 nitrogen and oxygen atoms in total. The van der Waals surface area contributed by atoms with Gasteiger partial charge in [-0.2, -0.15) is 0 Å². The summed E-state index contributed by atoms with van der Waals surface area (Å²) < 4.78 is 1.72. The number of benzene rings is 1. The molecule has 0 radical (unpaired) electrons. The van der Waals surface area contributed by atoms with E-state index in [-0.39, 0.29) is 12.2 Å². The summed E-state index contributed by atoms with van der Waals surface area (Å²) in [5.41, 5.74) is 4.30. The Balaban J connectivity index is 2.43. The zero-order chi connectivity index (χ0) is 15.6. The maximum atomic E-state index is 12.3. The molecule has 114 valence electrons. The molecule has 1 atom stereocenters. The van der Waals surface area contributed by atoms with E-state index in [0.29, 0.717) is 25.1 Å². The van der Waals surface area contributed by atoms with E-state index in [4.69, 9.17) is 5.11 Å². The molecule has 2 aromatic rings. The summed E-state index contributed by atoms with van der Waals surface area (Å²) >= 11 is 0. The molecule has 0 spiro atoms. The van der Waals surface area contributed by atoms with Gasteiger partial charge in [-0.25, -0.2) is 4.98 Å². The molecule has 21 heavy (non-hydrogen) atoms. The van der Waals surface area contributed by atoms with Crippen molar-refractivity contribution in [2.75, 3.05) is 6.61 Å². The average Bonchev–Trinajstić information content (AvgIpc) is 2.45. The Hall–Kier alpha value is -1.72. The van der Waals surface area contributed by atoms with Crippen LogP contribution >= 0.6 is 0 Å². The predicted octanol–water partition coefficient (Wildman–Crippen LogP) is 1.46. The molecular formula is C16H22N2O3. The maximum absolute atomic E-state index is 12.3. The number of aryl methyl sites for hydroxylation is 4. The van der Waals surface area contributed by atoms with Crippen LogP contribution in [0.25, 0.3) is 11.0 Å². The third kappa shape index (κ3) is 3.31. The van der Waals surface area contributed by atoms with Gasteiger partial charge in [0.15, 0.2) is 0 Å². The maximum Gasteiger partial charge on any atom is 0.272 e. The molecule has 1 aromatic heterocycles.